The van der Waals surface area contributed by atoms with Crippen LogP contribution in [0.2, 0.25) is 0 Å². The van der Waals surface area contributed by atoms with Crippen molar-refractivity contribution in [3.8, 4) is 0 Å². The normalized spacial score (nSPS) is 22.8. The highest BCUT2D eigenvalue weighted by Gasteiger charge is 2.31. The lowest BCUT2D eigenvalue weighted by atomic mass is 10.1. The molecule has 1 unspecified atom stereocenters. The van der Waals surface area contributed by atoms with Crippen LogP contribution in [0.25, 0.3) is 0 Å². The number of rotatable bonds is 9. The molecular weight excluding hydrogens is 222 g/mol. The summed E-state index contributed by atoms with van der Waals surface area (Å²) in [5.41, 5.74) is 0. The molecule has 0 bridgehead atoms. The zero-order chi connectivity index (χ0) is 12.8. The van der Waals surface area contributed by atoms with Gasteiger partial charge in [0.1, 0.15) is 0 Å². The van der Waals surface area contributed by atoms with E-state index < -0.39 is 0 Å². The van der Waals surface area contributed by atoms with Crippen LogP contribution in [0, 0.1) is 5.92 Å². The van der Waals surface area contributed by atoms with Crippen LogP contribution < -0.4 is 5.32 Å². The van der Waals surface area contributed by atoms with Gasteiger partial charge in [-0.15, -0.1) is 0 Å². The lowest BCUT2D eigenvalue weighted by Gasteiger charge is -2.26. The molecule has 1 N–H and O–H groups in total. The molecule has 1 atom stereocenters. The Morgan fingerprint density at radius 2 is 2.00 bits per heavy atom. The summed E-state index contributed by atoms with van der Waals surface area (Å²) in [5.74, 6) is 0.964. The molecule has 1 saturated carbocycles. The maximum absolute atomic E-state index is 3.73. The first kappa shape index (κ1) is 14.3. The van der Waals surface area contributed by atoms with E-state index in [9.17, 15) is 0 Å². The molecule has 18 heavy (non-hydrogen) atoms. The van der Waals surface area contributed by atoms with Crippen molar-refractivity contribution in [3.63, 3.8) is 0 Å². The SMILES string of the molecule is CCCNC(CN(C)CCN1CCCC1)C1CC1. The fourth-order valence-corrected chi connectivity index (χ4v) is 2.95. The summed E-state index contributed by atoms with van der Waals surface area (Å²) in [7, 11) is 2.29. The Hall–Kier alpha value is -0.120. The van der Waals surface area contributed by atoms with Crippen molar-refractivity contribution in [3.05, 3.63) is 0 Å². The molecular formula is C15H31N3. The molecule has 1 saturated heterocycles. The van der Waals surface area contributed by atoms with Crippen molar-refractivity contribution in [2.24, 2.45) is 5.92 Å². The molecule has 1 aliphatic heterocycles. The second-order valence-corrected chi connectivity index (χ2v) is 6.21. The van der Waals surface area contributed by atoms with Gasteiger partial charge in [-0.1, -0.05) is 6.92 Å². The van der Waals surface area contributed by atoms with Crippen LogP contribution in [0.4, 0.5) is 0 Å². The minimum atomic E-state index is 0.744. The zero-order valence-electron chi connectivity index (χ0n) is 12.3. The van der Waals surface area contributed by atoms with Gasteiger partial charge in [0.2, 0.25) is 0 Å². The number of nitrogens with zero attached hydrogens (tertiary/aromatic N) is 2. The summed E-state index contributed by atoms with van der Waals surface area (Å²) in [6, 6.07) is 0.744. The van der Waals surface area contributed by atoms with Gasteiger partial charge < -0.3 is 15.1 Å². The molecule has 3 heteroatoms. The van der Waals surface area contributed by atoms with E-state index in [1.165, 1.54) is 71.4 Å². The Kier molecular flexibility index (Phi) is 5.93. The first-order valence-electron chi connectivity index (χ1n) is 7.94. The third-order valence-corrected chi connectivity index (χ3v) is 4.35. The Bertz CT molecular complexity index is 222. The number of nitrogens with one attached hydrogen (secondary N) is 1. The smallest absolute Gasteiger partial charge is 0.0223 e. The molecule has 0 aromatic heterocycles. The number of hydrogen-bond donors (Lipinski definition) is 1. The van der Waals surface area contributed by atoms with Gasteiger partial charge in [0.15, 0.2) is 0 Å². The van der Waals surface area contributed by atoms with Gasteiger partial charge in [-0.2, -0.15) is 0 Å². The molecule has 0 spiro atoms. The fraction of sp³-hybridized carbons (Fsp3) is 1.00. The van der Waals surface area contributed by atoms with Crippen LogP contribution in [-0.4, -0.2) is 62.2 Å². The molecule has 0 amide bonds. The molecule has 1 heterocycles. The highest BCUT2D eigenvalue weighted by molar-refractivity contribution is 4.88. The summed E-state index contributed by atoms with van der Waals surface area (Å²) in [6.45, 7) is 9.83. The van der Waals surface area contributed by atoms with E-state index in [1.807, 2.05) is 0 Å². The summed E-state index contributed by atoms with van der Waals surface area (Å²) in [5, 5.41) is 3.73. The third-order valence-electron chi connectivity index (χ3n) is 4.35. The molecule has 0 aromatic rings. The topological polar surface area (TPSA) is 18.5 Å². The van der Waals surface area contributed by atoms with Crippen molar-refractivity contribution in [2.75, 3.05) is 46.3 Å². The van der Waals surface area contributed by atoms with E-state index in [1.54, 1.807) is 0 Å². The van der Waals surface area contributed by atoms with Crippen LogP contribution in [-0.2, 0) is 0 Å². The van der Waals surface area contributed by atoms with Gasteiger partial charge in [0, 0.05) is 25.7 Å². The second-order valence-electron chi connectivity index (χ2n) is 6.21. The molecule has 0 aromatic carbocycles. The lowest BCUT2D eigenvalue weighted by Crippen LogP contribution is -2.43. The van der Waals surface area contributed by atoms with Crippen LogP contribution in [0.5, 0.6) is 0 Å². The lowest BCUT2D eigenvalue weighted by molar-refractivity contribution is 0.231. The average Bonchev–Trinajstić information content (AvgIpc) is 3.08. The van der Waals surface area contributed by atoms with Crippen molar-refractivity contribution in [1.29, 1.82) is 0 Å². The van der Waals surface area contributed by atoms with Crippen molar-refractivity contribution in [2.45, 2.75) is 45.1 Å². The van der Waals surface area contributed by atoms with E-state index in [4.69, 9.17) is 0 Å². The van der Waals surface area contributed by atoms with Crippen molar-refractivity contribution < 1.29 is 0 Å². The first-order chi connectivity index (χ1) is 8.79. The van der Waals surface area contributed by atoms with E-state index >= 15 is 0 Å². The molecule has 1 aliphatic carbocycles. The van der Waals surface area contributed by atoms with E-state index in [0.717, 1.165) is 12.0 Å². The van der Waals surface area contributed by atoms with Crippen LogP contribution in [0.3, 0.4) is 0 Å². The van der Waals surface area contributed by atoms with E-state index in [0.29, 0.717) is 0 Å². The maximum atomic E-state index is 3.73. The molecule has 0 radical (unpaired) electrons. The summed E-state index contributed by atoms with van der Waals surface area (Å²) in [4.78, 5) is 5.14. The average molecular weight is 253 g/mol. The molecule has 2 rings (SSSR count). The fourth-order valence-electron chi connectivity index (χ4n) is 2.95. The van der Waals surface area contributed by atoms with Gasteiger partial charge in [0.05, 0.1) is 0 Å². The number of likely N-dealkylation sites (tertiary alicyclic amines) is 1. The van der Waals surface area contributed by atoms with E-state index in [2.05, 4.69) is 29.1 Å². The van der Waals surface area contributed by atoms with Gasteiger partial charge in [0.25, 0.3) is 0 Å². The molecule has 2 fully saturated rings. The Balaban J connectivity index is 1.62. The highest BCUT2D eigenvalue weighted by Crippen LogP contribution is 2.32. The maximum Gasteiger partial charge on any atom is 0.0223 e. The van der Waals surface area contributed by atoms with Gasteiger partial charge in [-0.05, 0) is 64.7 Å². The van der Waals surface area contributed by atoms with Crippen LogP contribution in [0.1, 0.15) is 39.0 Å². The van der Waals surface area contributed by atoms with Gasteiger partial charge in [-0.25, -0.2) is 0 Å². The predicted molar refractivity (Wildman–Crippen MR) is 78.0 cm³/mol. The summed E-state index contributed by atoms with van der Waals surface area (Å²) in [6.07, 6.45) is 6.96. The van der Waals surface area contributed by atoms with Gasteiger partial charge >= 0.3 is 0 Å². The van der Waals surface area contributed by atoms with Crippen molar-refractivity contribution in [1.82, 2.24) is 15.1 Å². The molecule has 106 valence electrons. The third kappa shape index (κ3) is 4.87. The van der Waals surface area contributed by atoms with Crippen LogP contribution in [0.15, 0.2) is 0 Å². The zero-order valence-corrected chi connectivity index (χ0v) is 12.3. The monoisotopic (exact) mass is 253 g/mol. The Morgan fingerprint density at radius 1 is 1.28 bits per heavy atom. The highest BCUT2D eigenvalue weighted by atomic mass is 15.2. The standard InChI is InChI=1S/C15H31N3/c1-3-8-16-15(14-6-7-14)13-17(2)11-12-18-9-4-5-10-18/h14-16H,3-13H2,1-2H3. The van der Waals surface area contributed by atoms with Gasteiger partial charge in [-0.3, -0.25) is 0 Å². The predicted octanol–water partition coefficient (Wildman–Crippen LogP) is 1.79. The quantitative estimate of drug-likeness (QED) is 0.676. The van der Waals surface area contributed by atoms with Crippen LogP contribution >= 0.6 is 0 Å². The largest absolute Gasteiger partial charge is 0.312 e. The Labute approximate surface area is 113 Å². The summed E-state index contributed by atoms with van der Waals surface area (Å²) < 4.78 is 0. The number of likely N-dealkylation sites (N-methyl/N-ethyl adjacent to an activating group) is 1. The molecule has 3 nitrogen and oxygen atoms in total. The minimum Gasteiger partial charge on any atom is -0.312 e. The van der Waals surface area contributed by atoms with E-state index in [-0.39, 0.29) is 0 Å². The number of hydrogen-bond acceptors (Lipinski definition) is 3. The van der Waals surface area contributed by atoms with Crippen molar-refractivity contribution >= 4 is 0 Å². The second kappa shape index (κ2) is 7.46. The Morgan fingerprint density at radius 3 is 2.61 bits per heavy atom. The minimum absolute atomic E-state index is 0.744. The first-order valence-corrected chi connectivity index (χ1v) is 7.94. The molecule has 2 aliphatic rings. The summed E-state index contributed by atoms with van der Waals surface area (Å²) >= 11 is 0.